The summed E-state index contributed by atoms with van der Waals surface area (Å²) in [7, 11) is 0. The van der Waals surface area contributed by atoms with Gasteiger partial charge in [-0.2, -0.15) is 0 Å². The van der Waals surface area contributed by atoms with Crippen molar-refractivity contribution in [1.29, 1.82) is 0 Å². The van der Waals surface area contributed by atoms with Crippen LogP contribution in [0.4, 0.5) is 0 Å². The second-order valence-corrected chi connectivity index (χ2v) is 11.2. The maximum absolute atomic E-state index is 6.06. The lowest BCUT2D eigenvalue weighted by molar-refractivity contribution is 0.326. The zero-order chi connectivity index (χ0) is 22.0. The fraction of sp³-hybridized carbons (Fsp3) is 0.462. The largest absolute Gasteiger partial charge is 0.320 e. The van der Waals surface area contributed by atoms with E-state index in [9.17, 15) is 0 Å². The molecule has 0 bridgehead atoms. The predicted molar refractivity (Wildman–Crippen MR) is 148 cm³/mol. The standard InChI is InChI=1S/C26H26N2S4/c29-23-17-11-13-19-22-20(26(32)28(25(19)31)16-9-5-2-6-10-16)14-12-18(21(17)22)24(30)27(23)15-7-3-1-4-8-15/h11-16H,1-10H2. The number of hydrogen-bond donors (Lipinski definition) is 0. The molecule has 2 aromatic rings. The molecule has 2 aliphatic heterocycles. The second-order valence-electron chi connectivity index (χ2n) is 9.62. The van der Waals surface area contributed by atoms with Gasteiger partial charge in [0.25, 0.3) is 0 Å². The van der Waals surface area contributed by atoms with Gasteiger partial charge in [-0.05, 0) is 25.7 Å². The SMILES string of the molecule is S=C1c2ccc3c4c(ccc(c24)C(=S)N1C1CCCCC1)C(=S)N(C1CCCCC1)C3=S. The molecule has 2 saturated carbocycles. The Hall–Kier alpha value is -1.34. The Morgan fingerprint density at radius 2 is 0.750 bits per heavy atom. The molecule has 6 heteroatoms. The van der Waals surface area contributed by atoms with E-state index in [0.717, 1.165) is 53.0 Å². The number of hydrogen-bond acceptors (Lipinski definition) is 4. The van der Waals surface area contributed by atoms with E-state index in [-0.39, 0.29) is 0 Å². The van der Waals surface area contributed by atoms with E-state index in [4.69, 9.17) is 48.9 Å². The van der Waals surface area contributed by atoms with Crippen molar-refractivity contribution >= 4 is 79.6 Å². The Bertz CT molecular complexity index is 1020. The molecular weight excluding hydrogens is 469 g/mol. The van der Waals surface area contributed by atoms with Crippen LogP contribution in [0.2, 0.25) is 0 Å². The van der Waals surface area contributed by atoms with Crippen LogP contribution in [0, 0.1) is 0 Å². The highest BCUT2D eigenvalue weighted by Gasteiger charge is 2.38. The molecule has 2 nitrogen and oxygen atoms in total. The third-order valence-electron chi connectivity index (χ3n) is 7.84. The van der Waals surface area contributed by atoms with Crippen LogP contribution < -0.4 is 0 Å². The van der Waals surface area contributed by atoms with Crippen LogP contribution in [0.15, 0.2) is 24.3 Å². The molecule has 0 radical (unpaired) electrons. The van der Waals surface area contributed by atoms with E-state index in [2.05, 4.69) is 34.1 Å². The molecule has 32 heavy (non-hydrogen) atoms. The molecule has 2 heterocycles. The summed E-state index contributed by atoms with van der Waals surface area (Å²) in [4.78, 5) is 8.07. The fourth-order valence-corrected chi connectivity index (χ4v) is 8.01. The van der Waals surface area contributed by atoms with E-state index in [1.54, 1.807) is 0 Å². The van der Waals surface area contributed by atoms with Gasteiger partial charge >= 0.3 is 0 Å². The highest BCUT2D eigenvalue weighted by molar-refractivity contribution is 7.83. The van der Waals surface area contributed by atoms with E-state index in [1.165, 1.54) is 64.2 Å². The van der Waals surface area contributed by atoms with Gasteiger partial charge in [0.2, 0.25) is 0 Å². The topological polar surface area (TPSA) is 6.48 Å². The van der Waals surface area contributed by atoms with E-state index >= 15 is 0 Å². The van der Waals surface area contributed by atoms with Gasteiger partial charge in [-0.15, -0.1) is 0 Å². The Balaban J connectivity index is 1.49. The van der Waals surface area contributed by atoms with Crippen molar-refractivity contribution in [2.45, 2.75) is 76.3 Å². The maximum atomic E-state index is 6.06. The molecule has 6 rings (SSSR count). The Labute approximate surface area is 211 Å². The van der Waals surface area contributed by atoms with Crippen LogP contribution in [0.3, 0.4) is 0 Å². The molecule has 2 fully saturated rings. The zero-order valence-corrected chi connectivity index (χ0v) is 21.3. The Kier molecular flexibility index (Phi) is 5.40. The third kappa shape index (κ3) is 3.06. The molecule has 0 N–H and O–H groups in total. The number of nitrogens with zero attached hydrogens (tertiary/aromatic N) is 2. The van der Waals surface area contributed by atoms with Crippen molar-refractivity contribution in [3.8, 4) is 0 Å². The summed E-state index contributed by atoms with van der Waals surface area (Å²) in [6.45, 7) is 0. The Morgan fingerprint density at radius 1 is 0.469 bits per heavy atom. The molecule has 0 unspecified atom stereocenters. The summed E-state index contributed by atoms with van der Waals surface area (Å²) in [5.74, 6) is 0. The summed E-state index contributed by atoms with van der Waals surface area (Å²) in [6, 6.07) is 9.58. The van der Waals surface area contributed by atoms with E-state index in [1.807, 2.05) is 0 Å². The predicted octanol–water partition coefficient (Wildman–Crippen LogP) is 6.84. The van der Waals surface area contributed by atoms with Crippen molar-refractivity contribution in [3.63, 3.8) is 0 Å². The lowest BCUT2D eigenvalue weighted by Crippen LogP contribution is -2.48. The molecule has 4 aliphatic rings. The normalized spacial score (nSPS) is 22.2. The number of thiocarbonyl (C=S) groups is 4. The van der Waals surface area contributed by atoms with Gasteiger partial charge in [0.05, 0.1) is 0 Å². The summed E-state index contributed by atoms with van der Waals surface area (Å²) in [5.41, 5.74) is 4.47. The van der Waals surface area contributed by atoms with Crippen molar-refractivity contribution in [2.75, 3.05) is 0 Å². The Morgan fingerprint density at radius 3 is 1.03 bits per heavy atom. The van der Waals surface area contributed by atoms with E-state index < -0.39 is 0 Å². The van der Waals surface area contributed by atoms with Gasteiger partial charge in [0.15, 0.2) is 0 Å². The molecular formula is C26H26N2S4. The minimum absolute atomic E-state index is 0.420. The quantitative estimate of drug-likeness (QED) is 0.419. The first-order valence-corrected chi connectivity index (χ1v) is 13.6. The minimum atomic E-state index is 0.420. The van der Waals surface area contributed by atoms with Crippen molar-refractivity contribution in [2.24, 2.45) is 0 Å². The van der Waals surface area contributed by atoms with Crippen molar-refractivity contribution in [3.05, 3.63) is 46.5 Å². The van der Waals surface area contributed by atoms with Crippen LogP contribution >= 0.6 is 48.9 Å². The average Bonchev–Trinajstić information content (AvgIpc) is 2.83. The average molecular weight is 495 g/mol. The van der Waals surface area contributed by atoms with Crippen molar-refractivity contribution < 1.29 is 0 Å². The molecule has 0 aromatic heterocycles. The lowest BCUT2D eigenvalue weighted by atomic mass is 9.84. The smallest absolute Gasteiger partial charge is 0.115 e. The van der Waals surface area contributed by atoms with Gasteiger partial charge in [0.1, 0.15) is 20.0 Å². The molecule has 0 amide bonds. The third-order valence-corrected chi connectivity index (χ3v) is 9.50. The first-order valence-electron chi connectivity index (χ1n) is 11.9. The summed E-state index contributed by atoms with van der Waals surface area (Å²) in [5, 5.41) is 2.32. The second kappa shape index (κ2) is 8.15. The molecule has 2 aromatic carbocycles. The molecule has 2 aliphatic carbocycles. The van der Waals surface area contributed by atoms with Crippen LogP contribution in [-0.4, -0.2) is 41.8 Å². The maximum Gasteiger partial charge on any atom is 0.115 e. The van der Waals surface area contributed by atoms with Crippen LogP contribution in [-0.2, 0) is 0 Å². The first kappa shape index (κ1) is 21.2. The van der Waals surface area contributed by atoms with Gasteiger partial charge < -0.3 is 9.80 Å². The van der Waals surface area contributed by atoms with Gasteiger partial charge in [-0.1, -0.05) is 112 Å². The minimum Gasteiger partial charge on any atom is -0.320 e. The molecule has 0 spiro atoms. The summed E-state index contributed by atoms with van der Waals surface area (Å²) >= 11 is 24.2. The molecule has 0 saturated heterocycles. The van der Waals surface area contributed by atoms with Gasteiger partial charge in [0, 0.05) is 45.1 Å². The van der Waals surface area contributed by atoms with Gasteiger partial charge in [-0.3, -0.25) is 0 Å². The molecule has 164 valence electrons. The van der Waals surface area contributed by atoms with Crippen LogP contribution in [0.25, 0.3) is 10.8 Å². The highest BCUT2D eigenvalue weighted by Crippen LogP contribution is 2.41. The fourth-order valence-electron chi connectivity index (χ4n) is 6.25. The highest BCUT2D eigenvalue weighted by atomic mass is 32.1. The zero-order valence-electron chi connectivity index (χ0n) is 18.1. The number of benzene rings is 2. The summed E-state index contributed by atoms with van der Waals surface area (Å²) in [6.07, 6.45) is 12.3. The molecule has 0 atom stereocenters. The van der Waals surface area contributed by atoms with Crippen LogP contribution in [0.1, 0.15) is 86.5 Å². The van der Waals surface area contributed by atoms with E-state index in [0.29, 0.717) is 12.1 Å². The lowest BCUT2D eigenvalue weighted by Gasteiger charge is -2.42. The van der Waals surface area contributed by atoms with Crippen molar-refractivity contribution in [1.82, 2.24) is 9.80 Å². The first-order chi connectivity index (χ1) is 15.6. The monoisotopic (exact) mass is 494 g/mol. The van der Waals surface area contributed by atoms with Gasteiger partial charge in [-0.25, -0.2) is 0 Å². The van der Waals surface area contributed by atoms with Crippen LogP contribution in [0.5, 0.6) is 0 Å². The number of rotatable bonds is 2. The summed E-state index contributed by atoms with van der Waals surface area (Å²) < 4.78 is 0.